The van der Waals surface area contributed by atoms with E-state index in [1.54, 1.807) is 24.5 Å². The fraction of sp³-hybridized carbons (Fsp3) is 0.0769. The third-order valence-corrected chi connectivity index (χ3v) is 3.43. The smallest absolute Gasteiger partial charge is 0.339 e. The number of carboxylic acids is 1. The van der Waals surface area contributed by atoms with Crippen LogP contribution in [0.1, 0.15) is 15.9 Å². The van der Waals surface area contributed by atoms with Crippen molar-refractivity contribution in [1.29, 1.82) is 0 Å². The second-order valence-corrected chi connectivity index (χ2v) is 5.91. The minimum Gasteiger partial charge on any atom is -0.488 e. The average molecular weight is 434 g/mol. The van der Waals surface area contributed by atoms with Crippen LogP contribution in [0.3, 0.4) is 0 Å². The number of nitrogens with zero attached hydrogens (tertiary/aromatic N) is 1. The van der Waals surface area contributed by atoms with Gasteiger partial charge in [-0.2, -0.15) is 0 Å². The van der Waals surface area contributed by atoms with Crippen molar-refractivity contribution in [3.8, 4) is 5.75 Å². The molecule has 0 fully saturated rings. The number of pyridine rings is 1. The Morgan fingerprint density at radius 1 is 1.37 bits per heavy atom. The molecule has 4 nitrogen and oxygen atoms in total. The van der Waals surface area contributed by atoms with Gasteiger partial charge in [0, 0.05) is 26.0 Å². The van der Waals surface area contributed by atoms with Gasteiger partial charge in [-0.25, -0.2) is 4.79 Å². The maximum atomic E-state index is 11.1. The first-order valence-corrected chi connectivity index (χ1v) is 7.18. The van der Waals surface area contributed by atoms with E-state index in [1.807, 2.05) is 12.1 Å². The number of benzene rings is 1. The minimum atomic E-state index is -0.999. The van der Waals surface area contributed by atoms with Gasteiger partial charge >= 0.3 is 5.97 Å². The topological polar surface area (TPSA) is 59.4 Å². The molecule has 2 aromatic rings. The number of carboxylic acid groups (broad SMARTS) is 1. The molecule has 1 aromatic carbocycles. The molecule has 19 heavy (non-hydrogen) atoms. The van der Waals surface area contributed by atoms with Gasteiger partial charge in [-0.1, -0.05) is 0 Å². The van der Waals surface area contributed by atoms with Crippen molar-refractivity contribution in [2.24, 2.45) is 0 Å². The molecule has 0 bridgehead atoms. The lowest BCUT2D eigenvalue weighted by molar-refractivity contribution is 0.0691. The van der Waals surface area contributed by atoms with Gasteiger partial charge in [0.1, 0.15) is 17.9 Å². The summed E-state index contributed by atoms with van der Waals surface area (Å²) in [4.78, 5) is 15.2. The van der Waals surface area contributed by atoms with Crippen molar-refractivity contribution >= 4 is 44.5 Å². The van der Waals surface area contributed by atoms with Crippen molar-refractivity contribution < 1.29 is 14.6 Å². The van der Waals surface area contributed by atoms with E-state index in [9.17, 15) is 4.79 Å². The second kappa shape index (κ2) is 6.33. The first kappa shape index (κ1) is 14.3. The molecule has 0 aliphatic heterocycles. The molecular formula is C13H9BrINO3. The quantitative estimate of drug-likeness (QED) is 0.746. The van der Waals surface area contributed by atoms with Crippen molar-refractivity contribution in [2.75, 3.05) is 0 Å². The number of hydrogen-bond acceptors (Lipinski definition) is 3. The summed E-state index contributed by atoms with van der Waals surface area (Å²) in [6.45, 7) is 0.271. The van der Waals surface area contributed by atoms with Crippen LogP contribution in [0.25, 0.3) is 0 Å². The van der Waals surface area contributed by atoms with Crippen LogP contribution in [0, 0.1) is 3.57 Å². The van der Waals surface area contributed by atoms with E-state index < -0.39 is 5.97 Å². The maximum Gasteiger partial charge on any atom is 0.339 e. The zero-order chi connectivity index (χ0) is 13.8. The maximum absolute atomic E-state index is 11.1. The van der Waals surface area contributed by atoms with E-state index >= 15 is 0 Å². The fourth-order valence-electron chi connectivity index (χ4n) is 1.49. The lowest BCUT2D eigenvalue weighted by atomic mass is 10.2. The third-order valence-electron chi connectivity index (χ3n) is 2.33. The van der Waals surface area contributed by atoms with Crippen LogP contribution in [0.2, 0.25) is 0 Å². The number of halogens is 2. The SMILES string of the molecule is O=C(O)c1cc(I)ccc1OCc1cncc(Br)c1. The number of ether oxygens (including phenoxy) is 1. The molecule has 2 rings (SSSR count). The number of rotatable bonds is 4. The molecule has 1 aromatic heterocycles. The van der Waals surface area contributed by atoms with Gasteiger partial charge in [-0.15, -0.1) is 0 Å². The van der Waals surface area contributed by atoms with E-state index in [1.165, 1.54) is 0 Å². The average Bonchev–Trinajstić information content (AvgIpc) is 2.37. The fourth-order valence-corrected chi connectivity index (χ4v) is 2.39. The molecule has 0 amide bonds. The summed E-state index contributed by atoms with van der Waals surface area (Å²) < 4.78 is 7.26. The lowest BCUT2D eigenvalue weighted by Crippen LogP contribution is -2.04. The molecule has 0 spiro atoms. The van der Waals surface area contributed by atoms with E-state index in [2.05, 4.69) is 43.5 Å². The highest BCUT2D eigenvalue weighted by molar-refractivity contribution is 14.1. The normalized spacial score (nSPS) is 10.2. The molecule has 98 valence electrons. The van der Waals surface area contributed by atoms with Gasteiger partial charge in [0.05, 0.1) is 0 Å². The van der Waals surface area contributed by atoms with Gasteiger partial charge in [0.2, 0.25) is 0 Å². The standard InChI is InChI=1S/C13H9BrINO3/c14-9-3-8(5-16-6-9)7-19-12-2-1-10(15)4-11(12)13(17)18/h1-6H,7H2,(H,17,18). The molecule has 0 atom stereocenters. The van der Waals surface area contributed by atoms with Crippen molar-refractivity contribution in [3.05, 3.63) is 55.8 Å². The first-order valence-electron chi connectivity index (χ1n) is 5.31. The molecule has 0 radical (unpaired) electrons. The van der Waals surface area contributed by atoms with Gasteiger partial charge in [0.25, 0.3) is 0 Å². The van der Waals surface area contributed by atoms with Crippen molar-refractivity contribution in [2.45, 2.75) is 6.61 Å². The zero-order valence-electron chi connectivity index (χ0n) is 9.64. The zero-order valence-corrected chi connectivity index (χ0v) is 13.4. The molecule has 0 aliphatic carbocycles. The Bertz CT molecular complexity index is 619. The highest BCUT2D eigenvalue weighted by atomic mass is 127. The molecule has 0 unspecified atom stereocenters. The summed E-state index contributed by atoms with van der Waals surface area (Å²) >= 11 is 5.39. The Balaban J connectivity index is 2.17. The lowest BCUT2D eigenvalue weighted by Gasteiger charge is -2.09. The number of aromatic nitrogens is 1. The van der Waals surface area contributed by atoms with E-state index in [0.29, 0.717) is 5.75 Å². The number of aromatic carboxylic acids is 1. The van der Waals surface area contributed by atoms with Crippen molar-refractivity contribution in [3.63, 3.8) is 0 Å². The Morgan fingerprint density at radius 3 is 2.84 bits per heavy atom. The molecule has 6 heteroatoms. The highest BCUT2D eigenvalue weighted by Gasteiger charge is 2.12. The van der Waals surface area contributed by atoms with Crippen LogP contribution in [0.15, 0.2) is 41.1 Å². The van der Waals surface area contributed by atoms with Gasteiger partial charge in [-0.05, 0) is 62.8 Å². The van der Waals surface area contributed by atoms with Crippen LogP contribution >= 0.6 is 38.5 Å². The van der Waals surface area contributed by atoms with Crippen LogP contribution in [-0.4, -0.2) is 16.1 Å². The van der Waals surface area contributed by atoms with Crippen molar-refractivity contribution in [1.82, 2.24) is 4.98 Å². The monoisotopic (exact) mass is 433 g/mol. The summed E-state index contributed by atoms with van der Waals surface area (Å²) in [5.41, 5.74) is 1.03. The minimum absolute atomic E-state index is 0.162. The number of carbonyl (C=O) groups is 1. The summed E-state index contributed by atoms with van der Waals surface area (Å²) in [7, 11) is 0. The summed E-state index contributed by atoms with van der Waals surface area (Å²) in [5.74, 6) is -0.645. The predicted octanol–water partition coefficient (Wildman–Crippen LogP) is 3.73. The molecule has 1 N–H and O–H groups in total. The third kappa shape index (κ3) is 3.90. The Hall–Kier alpha value is -1.15. The Morgan fingerprint density at radius 2 is 2.16 bits per heavy atom. The van der Waals surface area contributed by atoms with E-state index in [-0.39, 0.29) is 12.2 Å². The van der Waals surface area contributed by atoms with Crippen LogP contribution in [0.5, 0.6) is 5.75 Å². The molecule has 0 aliphatic rings. The summed E-state index contributed by atoms with van der Waals surface area (Å²) in [6, 6.07) is 6.93. The largest absolute Gasteiger partial charge is 0.488 e. The van der Waals surface area contributed by atoms with E-state index in [0.717, 1.165) is 13.6 Å². The first-order chi connectivity index (χ1) is 9.06. The Kier molecular flexibility index (Phi) is 4.76. The second-order valence-electron chi connectivity index (χ2n) is 3.75. The number of hydrogen-bond donors (Lipinski definition) is 1. The molecule has 0 saturated carbocycles. The molecule has 1 heterocycles. The predicted molar refractivity (Wildman–Crippen MR) is 82.4 cm³/mol. The van der Waals surface area contributed by atoms with Gasteiger partial charge in [-0.3, -0.25) is 4.98 Å². The van der Waals surface area contributed by atoms with Crippen LogP contribution in [-0.2, 0) is 6.61 Å². The van der Waals surface area contributed by atoms with Gasteiger partial charge in [0.15, 0.2) is 0 Å². The van der Waals surface area contributed by atoms with E-state index in [4.69, 9.17) is 9.84 Å². The summed E-state index contributed by atoms with van der Waals surface area (Å²) in [5, 5.41) is 9.13. The van der Waals surface area contributed by atoms with Crippen LogP contribution in [0.4, 0.5) is 0 Å². The van der Waals surface area contributed by atoms with Gasteiger partial charge < -0.3 is 9.84 Å². The molecule has 0 saturated heterocycles. The Labute approximate surface area is 132 Å². The van der Waals surface area contributed by atoms with Crippen LogP contribution < -0.4 is 4.74 Å². The summed E-state index contributed by atoms with van der Waals surface area (Å²) in [6.07, 6.45) is 3.36. The highest BCUT2D eigenvalue weighted by Crippen LogP contribution is 2.22. The molecular weight excluding hydrogens is 425 g/mol.